The molecule has 0 spiro atoms. The molecule has 2 aromatic heterocycles. The predicted molar refractivity (Wildman–Crippen MR) is 67.5 cm³/mol. The summed E-state index contributed by atoms with van der Waals surface area (Å²) in [4.78, 5) is 31.3. The number of amides is 1. The van der Waals surface area contributed by atoms with Crippen molar-refractivity contribution in [2.75, 3.05) is 5.32 Å². The topological polar surface area (TPSA) is 114 Å². The number of hydrogen-bond acceptors (Lipinski definition) is 5. The van der Waals surface area contributed by atoms with Crippen LogP contribution < -0.4 is 5.32 Å². The van der Waals surface area contributed by atoms with Crippen LogP contribution in [0.15, 0.2) is 18.2 Å². The first-order valence-electron chi connectivity index (χ1n) is 4.80. The number of halogens is 2. The average molecular weight is 302 g/mol. The third kappa shape index (κ3) is 3.18. The van der Waals surface area contributed by atoms with Gasteiger partial charge in [-0.1, -0.05) is 11.6 Å². The number of carbonyl (C=O) groups is 1. The molecule has 0 radical (unpaired) electrons. The van der Waals surface area contributed by atoms with E-state index in [9.17, 15) is 14.9 Å². The molecule has 0 aliphatic rings. The van der Waals surface area contributed by atoms with Gasteiger partial charge in [0.15, 0.2) is 5.69 Å². The first-order chi connectivity index (χ1) is 8.95. The van der Waals surface area contributed by atoms with Crippen molar-refractivity contribution in [3.8, 4) is 0 Å². The van der Waals surface area contributed by atoms with Crippen molar-refractivity contribution in [2.45, 2.75) is 0 Å². The number of nitro groups is 1. The predicted octanol–water partition coefficient (Wildman–Crippen LogP) is 2.27. The van der Waals surface area contributed by atoms with Gasteiger partial charge in [-0.15, -0.1) is 0 Å². The molecule has 1 amide bonds. The SMILES string of the molecule is O=C(Nc1cc(Cl)nc(Cl)n1)c1ccc([N+](=O)[O-])[nH]1. The number of nitrogens with one attached hydrogen (secondary N) is 2. The fourth-order valence-corrected chi connectivity index (χ4v) is 1.67. The van der Waals surface area contributed by atoms with E-state index in [-0.39, 0.29) is 27.8 Å². The standard InChI is InChI=1S/C9H5Cl2N5O3/c10-5-3-6(15-9(11)13-5)14-8(17)4-1-2-7(12-4)16(18)19/h1-3,12H,(H,13,14,15,17). The molecule has 8 nitrogen and oxygen atoms in total. The van der Waals surface area contributed by atoms with E-state index in [0.717, 1.165) is 0 Å². The summed E-state index contributed by atoms with van der Waals surface area (Å²) in [5, 5.41) is 12.8. The van der Waals surface area contributed by atoms with Crippen molar-refractivity contribution in [3.05, 3.63) is 44.4 Å². The number of aromatic nitrogens is 3. The lowest BCUT2D eigenvalue weighted by Gasteiger charge is -2.02. The number of anilines is 1. The van der Waals surface area contributed by atoms with Crippen LogP contribution in [0.4, 0.5) is 11.6 Å². The van der Waals surface area contributed by atoms with Crippen molar-refractivity contribution >= 4 is 40.7 Å². The Labute approximate surface area is 115 Å². The molecule has 0 unspecified atom stereocenters. The minimum Gasteiger partial charge on any atom is -0.358 e. The second-order valence-corrected chi connectivity index (χ2v) is 4.04. The van der Waals surface area contributed by atoms with Crippen molar-refractivity contribution in [2.24, 2.45) is 0 Å². The summed E-state index contributed by atoms with van der Waals surface area (Å²) in [7, 11) is 0. The van der Waals surface area contributed by atoms with E-state index >= 15 is 0 Å². The molecule has 19 heavy (non-hydrogen) atoms. The first kappa shape index (κ1) is 13.2. The Balaban J connectivity index is 2.18. The van der Waals surface area contributed by atoms with Gasteiger partial charge in [0.25, 0.3) is 5.91 Å². The monoisotopic (exact) mass is 301 g/mol. The highest BCUT2D eigenvalue weighted by atomic mass is 35.5. The third-order valence-electron chi connectivity index (χ3n) is 2.02. The Bertz CT molecular complexity index is 637. The molecule has 0 aliphatic heterocycles. The van der Waals surface area contributed by atoms with Crippen LogP contribution in [0.1, 0.15) is 10.5 Å². The first-order valence-corrected chi connectivity index (χ1v) is 5.56. The van der Waals surface area contributed by atoms with Crippen LogP contribution in [0.25, 0.3) is 0 Å². The van der Waals surface area contributed by atoms with Gasteiger partial charge in [-0.05, 0) is 22.6 Å². The third-order valence-corrected chi connectivity index (χ3v) is 2.38. The number of nitrogens with zero attached hydrogens (tertiary/aromatic N) is 3. The highest BCUT2D eigenvalue weighted by Gasteiger charge is 2.16. The molecule has 0 bridgehead atoms. The molecule has 0 atom stereocenters. The molecule has 10 heteroatoms. The summed E-state index contributed by atoms with van der Waals surface area (Å²) < 4.78 is 0. The summed E-state index contributed by atoms with van der Waals surface area (Å²) in [6.45, 7) is 0. The summed E-state index contributed by atoms with van der Waals surface area (Å²) in [6, 6.07) is 3.75. The highest BCUT2D eigenvalue weighted by Crippen LogP contribution is 2.16. The lowest BCUT2D eigenvalue weighted by atomic mass is 10.4. The maximum absolute atomic E-state index is 11.8. The molecule has 0 aliphatic carbocycles. The van der Waals surface area contributed by atoms with Gasteiger partial charge in [-0.3, -0.25) is 4.79 Å². The number of rotatable bonds is 3. The Hall–Kier alpha value is -2.19. The highest BCUT2D eigenvalue weighted by molar-refractivity contribution is 6.32. The van der Waals surface area contributed by atoms with Crippen LogP contribution >= 0.6 is 23.2 Å². The number of aromatic amines is 1. The van der Waals surface area contributed by atoms with E-state index in [4.69, 9.17) is 23.2 Å². The van der Waals surface area contributed by atoms with Crippen LogP contribution in [0.2, 0.25) is 10.4 Å². The van der Waals surface area contributed by atoms with E-state index < -0.39 is 10.8 Å². The molecule has 2 N–H and O–H groups in total. The van der Waals surface area contributed by atoms with Gasteiger partial charge in [-0.2, -0.15) is 0 Å². The number of H-pyrrole nitrogens is 1. The van der Waals surface area contributed by atoms with Crippen LogP contribution in [-0.4, -0.2) is 25.8 Å². The minimum atomic E-state index is -0.644. The molecule has 0 saturated heterocycles. The van der Waals surface area contributed by atoms with Crippen molar-refractivity contribution in [1.29, 1.82) is 0 Å². The molecule has 0 fully saturated rings. The van der Waals surface area contributed by atoms with Gasteiger partial charge in [0, 0.05) is 12.1 Å². The van der Waals surface area contributed by atoms with E-state index in [1.54, 1.807) is 0 Å². The number of carbonyl (C=O) groups excluding carboxylic acids is 1. The molecule has 0 aromatic carbocycles. The average Bonchev–Trinajstić information content (AvgIpc) is 2.76. The van der Waals surface area contributed by atoms with Gasteiger partial charge >= 0.3 is 5.82 Å². The molecule has 2 aromatic rings. The maximum atomic E-state index is 11.8. The van der Waals surface area contributed by atoms with Crippen molar-refractivity contribution < 1.29 is 9.72 Å². The number of hydrogen-bond donors (Lipinski definition) is 2. The minimum absolute atomic E-state index is 0.0116. The summed E-state index contributed by atoms with van der Waals surface area (Å²) in [5.41, 5.74) is 0.0116. The van der Waals surface area contributed by atoms with Gasteiger partial charge in [0.2, 0.25) is 5.28 Å². The molecular weight excluding hydrogens is 297 g/mol. The van der Waals surface area contributed by atoms with E-state index in [1.165, 1.54) is 18.2 Å². The normalized spacial score (nSPS) is 10.2. The zero-order valence-electron chi connectivity index (χ0n) is 9.05. The Kier molecular flexibility index (Phi) is 3.63. The summed E-state index contributed by atoms with van der Waals surface area (Å²) >= 11 is 11.2. The zero-order chi connectivity index (χ0) is 14.0. The van der Waals surface area contributed by atoms with Crippen molar-refractivity contribution in [3.63, 3.8) is 0 Å². The molecule has 2 heterocycles. The van der Waals surface area contributed by atoms with E-state index in [2.05, 4.69) is 20.3 Å². The van der Waals surface area contributed by atoms with E-state index in [1.807, 2.05) is 0 Å². The Morgan fingerprint density at radius 2 is 2.11 bits per heavy atom. The van der Waals surface area contributed by atoms with Gasteiger partial charge in [0.1, 0.15) is 11.0 Å². The lowest BCUT2D eigenvalue weighted by molar-refractivity contribution is -0.389. The molecule has 2 rings (SSSR count). The van der Waals surface area contributed by atoms with Crippen LogP contribution in [0.5, 0.6) is 0 Å². The van der Waals surface area contributed by atoms with Crippen molar-refractivity contribution in [1.82, 2.24) is 15.0 Å². The van der Waals surface area contributed by atoms with Gasteiger partial charge < -0.3 is 15.4 Å². The maximum Gasteiger partial charge on any atom is 0.321 e. The fraction of sp³-hybridized carbons (Fsp3) is 0. The Morgan fingerprint density at radius 3 is 2.68 bits per heavy atom. The molecule has 0 saturated carbocycles. The van der Waals surface area contributed by atoms with E-state index in [0.29, 0.717) is 0 Å². The molecule has 98 valence electrons. The van der Waals surface area contributed by atoms with Gasteiger partial charge in [-0.25, -0.2) is 15.0 Å². The second-order valence-electron chi connectivity index (χ2n) is 3.31. The van der Waals surface area contributed by atoms with Gasteiger partial charge in [0.05, 0.1) is 0 Å². The summed E-state index contributed by atoms with van der Waals surface area (Å²) in [5.74, 6) is -0.810. The zero-order valence-corrected chi connectivity index (χ0v) is 10.6. The fourth-order valence-electron chi connectivity index (χ4n) is 1.26. The quantitative estimate of drug-likeness (QED) is 0.391. The lowest BCUT2D eigenvalue weighted by Crippen LogP contribution is -2.13. The Morgan fingerprint density at radius 1 is 1.37 bits per heavy atom. The van der Waals surface area contributed by atoms with Crippen LogP contribution in [0, 0.1) is 10.1 Å². The van der Waals surface area contributed by atoms with Crippen LogP contribution in [-0.2, 0) is 0 Å². The van der Waals surface area contributed by atoms with Crippen LogP contribution in [0.3, 0.4) is 0 Å². The largest absolute Gasteiger partial charge is 0.358 e. The molecular formula is C9H5Cl2N5O3. The smallest absolute Gasteiger partial charge is 0.321 e. The second kappa shape index (κ2) is 5.21. The summed E-state index contributed by atoms with van der Waals surface area (Å²) in [6.07, 6.45) is 0.